The third kappa shape index (κ3) is 2.77. The molecule has 2 nitrogen and oxygen atoms in total. The summed E-state index contributed by atoms with van der Waals surface area (Å²) < 4.78 is 26.2. The van der Waals surface area contributed by atoms with Gasteiger partial charge in [-0.1, -0.05) is 11.3 Å². The van der Waals surface area contributed by atoms with Gasteiger partial charge < -0.3 is 5.73 Å². The van der Waals surface area contributed by atoms with Gasteiger partial charge in [0.2, 0.25) is 0 Å². The maximum atomic E-state index is 12.7. The van der Waals surface area contributed by atoms with Crippen LogP contribution in [-0.4, -0.2) is 9.98 Å². The Morgan fingerprint density at radius 2 is 2.20 bits per heavy atom. The Bertz CT molecular complexity index is 495. The molecule has 2 rings (SSSR count). The highest BCUT2D eigenvalue weighted by Gasteiger charge is 2.23. The number of alkyl halides is 2. The summed E-state index contributed by atoms with van der Waals surface area (Å²) >= 11 is 1.79. The molecule has 0 aliphatic carbocycles. The quantitative estimate of drug-likeness (QED) is 0.667. The predicted molar refractivity (Wildman–Crippen MR) is 64.5 cm³/mol. The molecule has 1 heterocycles. The number of rotatable bonds is 2. The molecule has 0 amide bonds. The molecular formula is C8H7F2N2PS2. The number of thioether (sulfide) groups is 1. The minimum absolute atomic E-state index is 0.449. The number of hydrogen-bond donors (Lipinski definition) is 1. The molecular weight excluding hydrogens is 257 g/mol. The minimum atomic E-state index is -2.84. The van der Waals surface area contributed by atoms with Crippen LogP contribution in [-0.2, 0) is 0 Å². The average Bonchev–Trinajstić information content (AvgIpc) is 2.40. The van der Waals surface area contributed by atoms with E-state index in [-0.39, 0.29) is 0 Å². The molecule has 0 fully saturated rings. The van der Waals surface area contributed by atoms with Crippen LogP contribution < -0.4 is 5.73 Å². The van der Waals surface area contributed by atoms with Crippen LogP contribution in [0.5, 0.6) is 0 Å². The lowest BCUT2D eigenvalue weighted by atomic mass is 10.3. The van der Waals surface area contributed by atoms with Gasteiger partial charge in [0.25, 0.3) is 0 Å². The predicted octanol–water partition coefficient (Wildman–Crippen LogP) is 3.40. The Kier molecular flexibility index (Phi) is 2.83. The summed E-state index contributed by atoms with van der Waals surface area (Å²) in [6, 6.07) is 4.98. The van der Waals surface area contributed by atoms with E-state index in [0.717, 1.165) is 10.2 Å². The molecule has 1 atom stereocenters. The number of aromatic nitrogens is 1. The van der Waals surface area contributed by atoms with Crippen molar-refractivity contribution in [2.24, 2.45) is 0 Å². The topological polar surface area (TPSA) is 38.9 Å². The first kappa shape index (κ1) is 11.0. The van der Waals surface area contributed by atoms with Crippen LogP contribution in [0.2, 0.25) is 0 Å². The number of hydrogen-bond acceptors (Lipinski definition) is 4. The van der Waals surface area contributed by atoms with Crippen molar-refractivity contribution in [1.82, 2.24) is 4.98 Å². The maximum Gasteiger partial charge on any atom is 0.308 e. The van der Waals surface area contributed by atoms with Crippen molar-refractivity contribution in [3.63, 3.8) is 0 Å². The van der Waals surface area contributed by atoms with Gasteiger partial charge in [-0.25, -0.2) is 4.98 Å². The van der Waals surface area contributed by atoms with E-state index in [4.69, 9.17) is 5.73 Å². The highest BCUT2D eigenvalue weighted by atomic mass is 32.2. The summed E-state index contributed by atoms with van der Waals surface area (Å²) in [6.07, 6.45) is 0. The fourth-order valence-electron chi connectivity index (χ4n) is 1.14. The Hall–Kier alpha value is -0.450. The molecule has 0 aliphatic heterocycles. The van der Waals surface area contributed by atoms with Crippen LogP contribution in [0, 0.1) is 0 Å². The number of nitrogens with zero attached hydrogens (tertiary/aromatic N) is 1. The number of nitrogen functional groups attached to an aromatic ring is 1. The highest BCUT2D eigenvalue weighted by Crippen LogP contribution is 2.42. The smallest absolute Gasteiger partial charge is 0.308 e. The molecule has 0 saturated heterocycles. The Morgan fingerprint density at radius 1 is 1.47 bits per heavy atom. The first-order valence-electron chi connectivity index (χ1n) is 3.96. The van der Waals surface area contributed by atoms with Gasteiger partial charge in [0, 0.05) is 4.90 Å². The first-order valence-corrected chi connectivity index (χ1v) is 6.17. The van der Waals surface area contributed by atoms with E-state index in [9.17, 15) is 8.78 Å². The number of nitrogens with two attached hydrogens (primary N) is 1. The standard InChI is InChI=1S/C8H7F2N2PS2/c9-8(10,13)15-4-1-2-5-6(3-4)14-7(11)12-5/h1-3H,13H2,(H2,11,12). The van der Waals surface area contributed by atoms with Crippen LogP contribution in [0.25, 0.3) is 10.2 Å². The lowest BCUT2D eigenvalue weighted by molar-refractivity contribution is 0.211. The normalized spacial score (nSPS) is 12.2. The van der Waals surface area contributed by atoms with Gasteiger partial charge in [-0.15, -0.1) is 0 Å². The Labute approximate surface area is 95.5 Å². The van der Waals surface area contributed by atoms with E-state index in [0.29, 0.717) is 21.8 Å². The van der Waals surface area contributed by atoms with E-state index in [1.807, 2.05) is 0 Å². The number of anilines is 1. The molecule has 1 aromatic carbocycles. The second-order valence-electron chi connectivity index (χ2n) is 2.85. The number of thiazole rings is 1. The van der Waals surface area contributed by atoms with Crippen LogP contribution in [0.3, 0.4) is 0 Å². The van der Waals surface area contributed by atoms with Crippen molar-refractivity contribution in [3.8, 4) is 0 Å². The number of halogens is 2. The summed E-state index contributed by atoms with van der Waals surface area (Å²) in [5.74, 6) is 0. The summed E-state index contributed by atoms with van der Waals surface area (Å²) in [4.78, 5) is 1.71. The van der Waals surface area contributed by atoms with Crippen molar-refractivity contribution < 1.29 is 8.78 Å². The van der Waals surface area contributed by atoms with E-state index < -0.39 is 5.00 Å². The summed E-state index contributed by atoms with van der Waals surface area (Å²) in [5, 5.41) is 0.449. The van der Waals surface area contributed by atoms with E-state index in [2.05, 4.69) is 4.98 Å². The van der Waals surface area contributed by atoms with E-state index in [1.165, 1.54) is 20.6 Å². The zero-order chi connectivity index (χ0) is 11.1. The molecule has 0 aliphatic rings. The molecule has 0 radical (unpaired) electrons. The van der Waals surface area contributed by atoms with Crippen molar-refractivity contribution >= 4 is 47.7 Å². The zero-order valence-corrected chi connectivity index (χ0v) is 10.2. The van der Waals surface area contributed by atoms with Gasteiger partial charge in [0.15, 0.2) is 5.13 Å². The van der Waals surface area contributed by atoms with Crippen molar-refractivity contribution in [2.45, 2.75) is 9.89 Å². The molecule has 7 heteroatoms. The molecule has 1 unspecified atom stereocenters. The van der Waals surface area contributed by atoms with Crippen molar-refractivity contribution in [3.05, 3.63) is 18.2 Å². The third-order valence-corrected chi connectivity index (χ3v) is 3.59. The van der Waals surface area contributed by atoms with Crippen LogP contribution in [0.15, 0.2) is 23.1 Å². The van der Waals surface area contributed by atoms with Crippen LogP contribution in [0.4, 0.5) is 13.9 Å². The molecule has 2 aromatic rings. The monoisotopic (exact) mass is 264 g/mol. The average molecular weight is 264 g/mol. The molecule has 2 N–H and O–H groups in total. The highest BCUT2D eigenvalue weighted by molar-refractivity contribution is 8.03. The van der Waals surface area contributed by atoms with Gasteiger partial charge in [-0.3, -0.25) is 0 Å². The summed E-state index contributed by atoms with van der Waals surface area (Å²) in [7, 11) is 1.50. The second-order valence-corrected chi connectivity index (χ2v) is 6.27. The fourth-order valence-corrected chi connectivity index (χ4v) is 3.03. The number of fused-ring (bicyclic) bond motifs is 1. The SMILES string of the molecule is Nc1nc2ccc(SC(F)(F)P)cc2s1. The van der Waals surface area contributed by atoms with Gasteiger partial charge >= 0.3 is 5.00 Å². The summed E-state index contributed by atoms with van der Waals surface area (Å²) in [5.41, 5.74) is 6.26. The maximum absolute atomic E-state index is 12.7. The molecule has 80 valence electrons. The van der Waals surface area contributed by atoms with Gasteiger partial charge in [-0.2, -0.15) is 8.78 Å². The van der Waals surface area contributed by atoms with Crippen molar-refractivity contribution in [1.29, 1.82) is 0 Å². The van der Waals surface area contributed by atoms with Gasteiger partial charge in [0.1, 0.15) is 0 Å². The van der Waals surface area contributed by atoms with Gasteiger partial charge in [-0.05, 0) is 39.2 Å². The lowest BCUT2D eigenvalue weighted by Crippen LogP contribution is -1.95. The molecule has 0 saturated carbocycles. The second kappa shape index (κ2) is 3.85. The Morgan fingerprint density at radius 3 is 2.87 bits per heavy atom. The Balaban J connectivity index is 2.38. The number of benzene rings is 1. The lowest BCUT2D eigenvalue weighted by Gasteiger charge is -2.08. The molecule has 0 spiro atoms. The third-order valence-electron chi connectivity index (χ3n) is 1.63. The largest absolute Gasteiger partial charge is 0.375 e. The van der Waals surface area contributed by atoms with Crippen LogP contribution in [0.1, 0.15) is 0 Å². The summed E-state index contributed by atoms with van der Waals surface area (Å²) in [6.45, 7) is 0. The minimum Gasteiger partial charge on any atom is -0.375 e. The van der Waals surface area contributed by atoms with E-state index in [1.54, 1.807) is 18.2 Å². The molecule has 15 heavy (non-hydrogen) atoms. The fraction of sp³-hybridized carbons (Fsp3) is 0.125. The van der Waals surface area contributed by atoms with Gasteiger partial charge in [0.05, 0.1) is 10.2 Å². The molecule has 1 aromatic heterocycles. The van der Waals surface area contributed by atoms with Crippen molar-refractivity contribution in [2.75, 3.05) is 5.73 Å². The van der Waals surface area contributed by atoms with Crippen LogP contribution >= 0.6 is 32.3 Å². The van der Waals surface area contributed by atoms with E-state index >= 15 is 0 Å². The first-order chi connectivity index (χ1) is 6.94. The molecule has 0 bridgehead atoms. The zero-order valence-electron chi connectivity index (χ0n) is 7.41.